The van der Waals surface area contributed by atoms with Gasteiger partial charge in [0.25, 0.3) is 0 Å². The minimum absolute atomic E-state index is 0.0586. The number of pyridine rings is 1. The van der Waals surface area contributed by atoms with Crippen molar-refractivity contribution < 1.29 is 33.7 Å². The molecule has 1 aliphatic heterocycles. The molecule has 2 heterocycles. The molecule has 1 aromatic carbocycles. The number of nitrogens with zero attached hydrogens (tertiary/aromatic N) is 3. The number of unbranched alkanes of at least 4 members (excludes halogenated alkanes) is 2. The second-order valence-electron chi connectivity index (χ2n) is 9.06. The Balaban J connectivity index is 1.42. The Hall–Kier alpha value is -3.83. The molecular formula is C24H29FN4O7. The van der Waals surface area contributed by atoms with Crippen LogP contribution in [0.25, 0.3) is 10.9 Å². The van der Waals surface area contributed by atoms with Crippen LogP contribution in [0.3, 0.4) is 0 Å². The number of fused-ring (bicyclic) bond motifs is 1. The zero-order valence-electron chi connectivity index (χ0n) is 19.7. The van der Waals surface area contributed by atoms with E-state index in [0.717, 1.165) is 25.3 Å². The maximum atomic E-state index is 15.1. The summed E-state index contributed by atoms with van der Waals surface area (Å²) in [7, 11) is 0. The molecule has 0 spiro atoms. The van der Waals surface area contributed by atoms with E-state index in [1.807, 2.05) is 4.90 Å². The quantitative estimate of drug-likeness (QED) is 0.350. The van der Waals surface area contributed by atoms with E-state index < -0.39 is 23.4 Å². The van der Waals surface area contributed by atoms with Crippen LogP contribution >= 0.6 is 0 Å². The zero-order valence-corrected chi connectivity index (χ0v) is 19.7. The molecule has 0 atom stereocenters. The summed E-state index contributed by atoms with van der Waals surface area (Å²) in [6.07, 6.45) is 3.61. The lowest BCUT2D eigenvalue weighted by Gasteiger charge is -2.36. The van der Waals surface area contributed by atoms with Gasteiger partial charge in [-0.1, -0.05) is 6.42 Å². The number of urea groups is 1. The van der Waals surface area contributed by atoms with E-state index in [1.54, 1.807) is 15.5 Å². The molecule has 2 aromatic rings. The highest BCUT2D eigenvalue weighted by Gasteiger charge is 2.28. The first kappa shape index (κ1) is 25.3. The third-order valence-electron chi connectivity index (χ3n) is 6.46. The summed E-state index contributed by atoms with van der Waals surface area (Å²) in [5.41, 5.74) is 0.153. The van der Waals surface area contributed by atoms with Crippen LogP contribution < -0.4 is 20.4 Å². The molecule has 1 aliphatic carbocycles. The number of nitrogens with one attached hydrogen (secondary N) is 1. The summed E-state index contributed by atoms with van der Waals surface area (Å²) in [5, 5.41) is 20.5. The number of aromatic nitrogens is 1. The monoisotopic (exact) mass is 504 g/mol. The lowest BCUT2D eigenvalue weighted by Crippen LogP contribution is -2.52. The Labute approximate surface area is 206 Å². The lowest BCUT2D eigenvalue weighted by molar-refractivity contribution is -0.137. The van der Waals surface area contributed by atoms with E-state index in [0.29, 0.717) is 56.8 Å². The Bertz CT molecular complexity index is 1220. The summed E-state index contributed by atoms with van der Waals surface area (Å²) in [4.78, 5) is 50.2. The van der Waals surface area contributed by atoms with Crippen LogP contribution in [0.1, 0.15) is 44.6 Å². The number of piperazine rings is 1. The van der Waals surface area contributed by atoms with Gasteiger partial charge in [0.05, 0.1) is 22.8 Å². The number of carbonyl (C=O) groups is 3. The summed E-state index contributed by atoms with van der Waals surface area (Å²) in [6, 6.07) is 2.62. The normalized spacial score (nSPS) is 15.7. The van der Waals surface area contributed by atoms with E-state index in [2.05, 4.69) is 10.1 Å². The van der Waals surface area contributed by atoms with Crippen LogP contribution in [0.15, 0.2) is 23.1 Å². The highest BCUT2D eigenvalue weighted by atomic mass is 19.1. The molecular weight excluding hydrogens is 475 g/mol. The van der Waals surface area contributed by atoms with Gasteiger partial charge in [-0.25, -0.2) is 14.0 Å². The zero-order chi connectivity index (χ0) is 25.8. The number of anilines is 1. The third-order valence-corrected chi connectivity index (χ3v) is 6.46. The number of aliphatic carboxylic acids is 1. The molecule has 11 nitrogen and oxygen atoms in total. The summed E-state index contributed by atoms with van der Waals surface area (Å²) < 4.78 is 21.5. The van der Waals surface area contributed by atoms with Crippen molar-refractivity contribution in [3.05, 3.63) is 34.4 Å². The number of amides is 2. The van der Waals surface area contributed by atoms with Crippen molar-refractivity contribution in [3.8, 4) is 5.75 Å². The number of hydrogen-bond donors (Lipinski definition) is 3. The second kappa shape index (κ2) is 10.8. The molecule has 2 amide bonds. The van der Waals surface area contributed by atoms with E-state index in [1.165, 1.54) is 6.20 Å². The highest BCUT2D eigenvalue weighted by Crippen LogP contribution is 2.39. The smallest absolute Gasteiger partial charge is 0.481 e. The number of halogens is 1. The number of carboxylic acids is 1. The third kappa shape index (κ3) is 5.86. The average Bonchev–Trinajstić information content (AvgIpc) is 3.68. The van der Waals surface area contributed by atoms with Crippen molar-refractivity contribution in [2.75, 3.05) is 37.6 Å². The molecule has 12 heteroatoms. The van der Waals surface area contributed by atoms with Crippen LogP contribution in [0.4, 0.5) is 19.7 Å². The predicted molar refractivity (Wildman–Crippen MR) is 128 cm³/mol. The minimum Gasteiger partial charge on any atom is -0.481 e. The number of rotatable bonds is 9. The Morgan fingerprint density at radius 3 is 2.42 bits per heavy atom. The molecule has 1 saturated heterocycles. The molecule has 0 bridgehead atoms. The molecule has 194 valence electrons. The number of benzene rings is 1. The Morgan fingerprint density at radius 2 is 1.78 bits per heavy atom. The van der Waals surface area contributed by atoms with Gasteiger partial charge in [-0.05, 0) is 37.8 Å². The second-order valence-corrected chi connectivity index (χ2v) is 9.06. The topological polar surface area (TPSA) is 141 Å². The fraction of sp³-hybridized carbons (Fsp3) is 0.500. The fourth-order valence-electron chi connectivity index (χ4n) is 4.43. The molecule has 2 fully saturated rings. The van der Waals surface area contributed by atoms with Crippen LogP contribution in [0.5, 0.6) is 5.75 Å². The van der Waals surface area contributed by atoms with Crippen LogP contribution in [-0.2, 0) is 4.79 Å². The summed E-state index contributed by atoms with van der Waals surface area (Å²) >= 11 is 0. The SMILES string of the molecule is O=C(O)CCCCCNC(=O)N1CCN(c2cc3c(cc2F)c(=O)c(OC(=O)O)cn3C2CC2)CC1. The number of hydrogen-bond acceptors (Lipinski definition) is 6. The summed E-state index contributed by atoms with van der Waals surface area (Å²) in [5.74, 6) is -1.78. The van der Waals surface area contributed by atoms with Gasteiger partial charge < -0.3 is 34.6 Å². The van der Waals surface area contributed by atoms with Crippen molar-refractivity contribution in [3.63, 3.8) is 0 Å². The molecule has 1 aromatic heterocycles. The highest BCUT2D eigenvalue weighted by molar-refractivity contribution is 5.85. The lowest BCUT2D eigenvalue weighted by atomic mass is 10.1. The van der Waals surface area contributed by atoms with Crippen molar-refractivity contribution in [2.24, 2.45) is 0 Å². The van der Waals surface area contributed by atoms with Crippen molar-refractivity contribution in [1.82, 2.24) is 14.8 Å². The van der Waals surface area contributed by atoms with Gasteiger partial charge in [0, 0.05) is 45.2 Å². The molecule has 2 aliphatic rings. The predicted octanol–water partition coefficient (Wildman–Crippen LogP) is 3.01. The van der Waals surface area contributed by atoms with Gasteiger partial charge in [-0.15, -0.1) is 0 Å². The standard InChI is InChI=1S/C24H29FN4O7/c25-17-12-16-18(29(15-5-6-15)14-20(22(16)32)36-24(34)35)13-19(17)27-8-10-28(11-9-27)23(33)26-7-3-1-2-4-21(30)31/h12-15H,1-11H2,(H,26,33)(H,30,31)(H,34,35). The maximum absolute atomic E-state index is 15.1. The molecule has 4 rings (SSSR count). The van der Waals surface area contributed by atoms with Gasteiger partial charge >= 0.3 is 18.2 Å². The first-order valence-corrected chi connectivity index (χ1v) is 12.0. The van der Waals surface area contributed by atoms with E-state index >= 15 is 4.39 Å². The molecule has 0 radical (unpaired) electrons. The van der Waals surface area contributed by atoms with Gasteiger partial charge in [0.15, 0.2) is 5.75 Å². The van der Waals surface area contributed by atoms with Gasteiger partial charge in [0.1, 0.15) is 5.82 Å². The number of carboxylic acid groups (broad SMARTS) is 2. The van der Waals surface area contributed by atoms with Crippen LogP contribution in [0, 0.1) is 5.82 Å². The van der Waals surface area contributed by atoms with Crippen LogP contribution in [0.2, 0.25) is 0 Å². The van der Waals surface area contributed by atoms with Gasteiger partial charge in [-0.2, -0.15) is 0 Å². The molecule has 1 saturated carbocycles. The van der Waals surface area contributed by atoms with Gasteiger partial charge in [-0.3, -0.25) is 9.59 Å². The van der Waals surface area contributed by atoms with E-state index in [9.17, 15) is 19.2 Å². The first-order valence-electron chi connectivity index (χ1n) is 12.0. The van der Waals surface area contributed by atoms with E-state index in [4.69, 9.17) is 10.2 Å². The van der Waals surface area contributed by atoms with Crippen molar-refractivity contribution in [1.29, 1.82) is 0 Å². The largest absolute Gasteiger partial charge is 0.511 e. The van der Waals surface area contributed by atoms with Crippen LogP contribution in [-0.4, -0.2) is 70.6 Å². The van der Waals surface area contributed by atoms with Crippen molar-refractivity contribution in [2.45, 2.75) is 44.6 Å². The Morgan fingerprint density at radius 1 is 1.06 bits per heavy atom. The number of ether oxygens (including phenoxy) is 1. The van der Waals surface area contributed by atoms with Gasteiger partial charge in [0.2, 0.25) is 5.43 Å². The molecule has 0 unspecified atom stereocenters. The average molecular weight is 505 g/mol. The fourth-order valence-corrected chi connectivity index (χ4v) is 4.43. The first-order chi connectivity index (χ1) is 17.2. The molecule has 36 heavy (non-hydrogen) atoms. The van der Waals surface area contributed by atoms with Crippen molar-refractivity contribution >= 4 is 34.7 Å². The number of carbonyl (C=O) groups excluding carboxylic acids is 1. The Kier molecular flexibility index (Phi) is 7.61. The maximum Gasteiger partial charge on any atom is 0.511 e. The minimum atomic E-state index is -1.61. The molecule has 3 N–H and O–H groups in total. The van der Waals surface area contributed by atoms with E-state index in [-0.39, 0.29) is 29.6 Å². The summed E-state index contributed by atoms with van der Waals surface area (Å²) in [6.45, 7) is 2.06.